The fourth-order valence-electron chi connectivity index (χ4n) is 1.49. The first kappa shape index (κ1) is 13.7. The third-order valence-corrected chi connectivity index (χ3v) is 2.95. The minimum Gasteiger partial charge on any atom is -0.391 e. The largest absolute Gasteiger partial charge is 0.391 e. The van der Waals surface area contributed by atoms with E-state index in [0.717, 1.165) is 5.56 Å². The first-order chi connectivity index (χ1) is 8.02. The van der Waals surface area contributed by atoms with Gasteiger partial charge in [-0.1, -0.05) is 44.2 Å². The number of nitrogens with one attached hydrogen (secondary N) is 1. The Hall–Kier alpha value is -1.35. The lowest BCUT2D eigenvalue weighted by Crippen LogP contribution is -2.36. The summed E-state index contributed by atoms with van der Waals surface area (Å²) in [5.74, 6) is -0.0752. The predicted octanol–water partition coefficient (Wildman–Crippen LogP) is 1.92. The molecule has 0 spiro atoms. The maximum atomic E-state index is 11.8. The van der Waals surface area contributed by atoms with Gasteiger partial charge in [-0.15, -0.1) is 0 Å². The van der Waals surface area contributed by atoms with E-state index in [1.165, 1.54) is 0 Å². The first-order valence-electron chi connectivity index (χ1n) is 6.03. The Kier molecular flexibility index (Phi) is 5.16. The maximum Gasteiger partial charge on any atom is 0.227 e. The van der Waals surface area contributed by atoms with Gasteiger partial charge in [0.15, 0.2) is 0 Å². The Morgan fingerprint density at radius 3 is 2.35 bits per heavy atom. The molecule has 0 heterocycles. The van der Waals surface area contributed by atoms with Gasteiger partial charge >= 0.3 is 0 Å². The molecule has 1 aromatic rings. The number of amides is 1. The number of benzene rings is 1. The maximum absolute atomic E-state index is 11.8. The van der Waals surface area contributed by atoms with Gasteiger partial charge in [0.2, 0.25) is 5.91 Å². The van der Waals surface area contributed by atoms with Crippen molar-refractivity contribution in [3.05, 3.63) is 35.9 Å². The van der Waals surface area contributed by atoms with Crippen molar-refractivity contribution in [1.29, 1.82) is 0 Å². The van der Waals surface area contributed by atoms with Gasteiger partial charge in [0.05, 0.1) is 12.0 Å². The smallest absolute Gasteiger partial charge is 0.227 e. The van der Waals surface area contributed by atoms with Crippen molar-refractivity contribution < 1.29 is 9.90 Å². The highest BCUT2D eigenvalue weighted by atomic mass is 16.3. The Labute approximate surface area is 103 Å². The third-order valence-electron chi connectivity index (χ3n) is 2.95. The number of hydrogen-bond acceptors (Lipinski definition) is 2. The van der Waals surface area contributed by atoms with E-state index in [4.69, 9.17) is 0 Å². The van der Waals surface area contributed by atoms with Crippen LogP contribution in [0.15, 0.2) is 30.3 Å². The molecule has 0 radical (unpaired) electrons. The van der Waals surface area contributed by atoms with Crippen LogP contribution < -0.4 is 5.32 Å². The molecule has 1 rings (SSSR count). The standard InChI is InChI=1S/C14H21NO2/c1-10(2)13(16)9-15-14(17)11(3)12-7-5-4-6-8-12/h4-8,10-11,13,16H,9H2,1-3H3,(H,15,17). The second-order valence-electron chi connectivity index (χ2n) is 4.69. The van der Waals surface area contributed by atoms with E-state index in [1.54, 1.807) is 0 Å². The molecule has 0 aliphatic carbocycles. The lowest BCUT2D eigenvalue weighted by Gasteiger charge is -2.17. The summed E-state index contributed by atoms with van der Waals surface area (Å²) in [6, 6.07) is 9.63. The Morgan fingerprint density at radius 2 is 1.82 bits per heavy atom. The van der Waals surface area contributed by atoms with Crippen molar-refractivity contribution in [2.45, 2.75) is 32.8 Å². The number of aliphatic hydroxyl groups excluding tert-OH is 1. The van der Waals surface area contributed by atoms with Gasteiger partial charge < -0.3 is 10.4 Å². The monoisotopic (exact) mass is 235 g/mol. The molecule has 0 fully saturated rings. The van der Waals surface area contributed by atoms with Crippen LogP contribution in [0.2, 0.25) is 0 Å². The molecule has 2 atom stereocenters. The molecule has 94 valence electrons. The van der Waals surface area contributed by atoms with Gasteiger partial charge in [0, 0.05) is 6.54 Å². The van der Waals surface area contributed by atoms with E-state index in [0.29, 0.717) is 6.54 Å². The van der Waals surface area contributed by atoms with Gasteiger partial charge in [-0.3, -0.25) is 4.79 Å². The molecular formula is C14H21NO2. The van der Waals surface area contributed by atoms with E-state index in [2.05, 4.69) is 5.32 Å². The van der Waals surface area contributed by atoms with Crippen LogP contribution in [0.1, 0.15) is 32.3 Å². The average molecular weight is 235 g/mol. The van der Waals surface area contributed by atoms with Gasteiger partial charge in [0.25, 0.3) is 0 Å². The summed E-state index contributed by atoms with van der Waals surface area (Å²) in [6.45, 7) is 6.04. The van der Waals surface area contributed by atoms with Crippen molar-refractivity contribution in [1.82, 2.24) is 5.32 Å². The summed E-state index contributed by atoms with van der Waals surface area (Å²) in [6.07, 6.45) is -0.484. The molecule has 2 N–H and O–H groups in total. The molecule has 3 nitrogen and oxygen atoms in total. The van der Waals surface area contributed by atoms with Crippen molar-refractivity contribution in [3.63, 3.8) is 0 Å². The summed E-state index contributed by atoms with van der Waals surface area (Å²) in [4.78, 5) is 11.8. The zero-order valence-electron chi connectivity index (χ0n) is 10.7. The highest BCUT2D eigenvalue weighted by Gasteiger charge is 2.16. The number of hydrogen-bond donors (Lipinski definition) is 2. The molecule has 0 saturated carbocycles. The van der Waals surface area contributed by atoms with E-state index in [9.17, 15) is 9.90 Å². The van der Waals surface area contributed by atoms with E-state index >= 15 is 0 Å². The topological polar surface area (TPSA) is 49.3 Å². The average Bonchev–Trinajstić information content (AvgIpc) is 2.35. The number of rotatable bonds is 5. The normalized spacial score (nSPS) is 14.4. The van der Waals surface area contributed by atoms with Crippen molar-refractivity contribution in [2.75, 3.05) is 6.54 Å². The fraction of sp³-hybridized carbons (Fsp3) is 0.500. The Bertz CT molecular complexity index is 348. The predicted molar refractivity (Wildman–Crippen MR) is 68.7 cm³/mol. The van der Waals surface area contributed by atoms with Crippen LogP contribution >= 0.6 is 0 Å². The Morgan fingerprint density at radius 1 is 1.24 bits per heavy atom. The van der Waals surface area contributed by atoms with E-state index in [1.807, 2.05) is 51.1 Å². The fourth-order valence-corrected chi connectivity index (χ4v) is 1.49. The first-order valence-corrected chi connectivity index (χ1v) is 6.03. The van der Waals surface area contributed by atoms with E-state index < -0.39 is 6.10 Å². The lowest BCUT2D eigenvalue weighted by atomic mass is 10.00. The molecule has 3 heteroatoms. The Balaban J connectivity index is 2.48. The van der Waals surface area contributed by atoms with Crippen LogP contribution in [0, 0.1) is 5.92 Å². The van der Waals surface area contributed by atoms with Crippen LogP contribution in [0.3, 0.4) is 0 Å². The molecule has 0 aliphatic heterocycles. The van der Waals surface area contributed by atoms with Crippen molar-refractivity contribution in [3.8, 4) is 0 Å². The molecule has 17 heavy (non-hydrogen) atoms. The molecule has 0 saturated heterocycles. The van der Waals surface area contributed by atoms with Crippen molar-refractivity contribution in [2.24, 2.45) is 5.92 Å². The molecule has 1 aromatic carbocycles. The lowest BCUT2D eigenvalue weighted by molar-refractivity contribution is -0.122. The van der Waals surface area contributed by atoms with Gasteiger partial charge in [-0.25, -0.2) is 0 Å². The summed E-state index contributed by atoms with van der Waals surface area (Å²) in [5.41, 5.74) is 0.990. The minimum atomic E-state index is -0.484. The second-order valence-corrected chi connectivity index (χ2v) is 4.69. The van der Waals surface area contributed by atoms with Gasteiger partial charge in [-0.2, -0.15) is 0 Å². The second kappa shape index (κ2) is 6.40. The number of aliphatic hydroxyl groups is 1. The summed E-state index contributed by atoms with van der Waals surface area (Å²) < 4.78 is 0. The molecular weight excluding hydrogens is 214 g/mol. The number of carbonyl (C=O) groups is 1. The van der Waals surface area contributed by atoms with Gasteiger partial charge in [0.1, 0.15) is 0 Å². The summed E-state index contributed by atoms with van der Waals surface area (Å²) >= 11 is 0. The summed E-state index contributed by atoms with van der Waals surface area (Å²) in [5, 5.41) is 12.4. The highest BCUT2D eigenvalue weighted by Crippen LogP contribution is 2.14. The molecule has 0 bridgehead atoms. The quantitative estimate of drug-likeness (QED) is 0.819. The zero-order chi connectivity index (χ0) is 12.8. The van der Waals surface area contributed by atoms with Crippen molar-refractivity contribution >= 4 is 5.91 Å². The van der Waals surface area contributed by atoms with Crippen LogP contribution in [-0.2, 0) is 4.79 Å². The number of carbonyl (C=O) groups excluding carboxylic acids is 1. The van der Waals surface area contributed by atoms with Crippen LogP contribution in [0.25, 0.3) is 0 Å². The highest BCUT2D eigenvalue weighted by molar-refractivity contribution is 5.83. The van der Waals surface area contributed by atoms with E-state index in [-0.39, 0.29) is 17.7 Å². The zero-order valence-corrected chi connectivity index (χ0v) is 10.7. The molecule has 2 unspecified atom stereocenters. The van der Waals surface area contributed by atoms with Crippen LogP contribution in [0.4, 0.5) is 0 Å². The van der Waals surface area contributed by atoms with Crippen LogP contribution in [0.5, 0.6) is 0 Å². The van der Waals surface area contributed by atoms with Crippen LogP contribution in [-0.4, -0.2) is 23.7 Å². The minimum absolute atomic E-state index is 0.0455. The third kappa shape index (κ3) is 4.19. The summed E-state index contributed by atoms with van der Waals surface area (Å²) in [7, 11) is 0. The van der Waals surface area contributed by atoms with Gasteiger partial charge in [-0.05, 0) is 18.4 Å². The molecule has 0 aromatic heterocycles. The molecule has 0 aliphatic rings. The SMILES string of the molecule is CC(C(=O)NCC(O)C(C)C)c1ccccc1. The molecule has 1 amide bonds.